The Hall–Kier alpha value is -1.92. The van der Waals surface area contributed by atoms with Crippen molar-refractivity contribution in [2.24, 2.45) is 5.92 Å². The molecule has 3 unspecified atom stereocenters. The largest absolute Gasteiger partial charge is 0.395 e. The predicted molar refractivity (Wildman–Crippen MR) is 107 cm³/mol. The predicted octanol–water partition coefficient (Wildman–Crippen LogP) is 1.68. The van der Waals surface area contributed by atoms with Gasteiger partial charge in [-0.25, -0.2) is 0 Å². The molecule has 4 N–H and O–H groups in total. The summed E-state index contributed by atoms with van der Waals surface area (Å²) in [5.41, 5.74) is 2.75. The van der Waals surface area contributed by atoms with E-state index in [1.165, 1.54) is 5.57 Å². The van der Waals surface area contributed by atoms with E-state index in [0.29, 0.717) is 11.6 Å². The van der Waals surface area contributed by atoms with Gasteiger partial charge >= 0.3 is 0 Å². The Morgan fingerprint density at radius 2 is 1.92 bits per heavy atom. The highest BCUT2D eigenvalue weighted by molar-refractivity contribution is 6.00. The lowest BCUT2D eigenvalue weighted by Gasteiger charge is -2.42. The van der Waals surface area contributed by atoms with Crippen LogP contribution >= 0.6 is 0 Å². The molecule has 0 aromatic heterocycles. The van der Waals surface area contributed by atoms with Gasteiger partial charge in [-0.2, -0.15) is 0 Å². The summed E-state index contributed by atoms with van der Waals surface area (Å²) in [6.07, 6.45) is 0.996. The lowest BCUT2D eigenvalue weighted by atomic mass is 9.76. The van der Waals surface area contributed by atoms with Crippen molar-refractivity contribution in [2.75, 3.05) is 19.7 Å². The summed E-state index contributed by atoms with van der Waals surface area (Å²) in [5, 5.41) is 17.7. The van der Waals surface area contributed by atoms with Crippen LogP contribution in [0, 0.1) is 5.92 Å². The molecule has 2 aliphatic rings. The SMILES string of the molecule is C=C.C=C(C)C.CC1=C(CC(=O)NCCO)C(=O)NC2CCNC(C)C12. The number of piperidine rings is 1. The van der Waals surface area contributed by atoms with Crippen LogP contribution in [-0.4, -0.2) is 48.7 Å². The lowest BCUT2D eigenvalue weighted by Crippen LogP contribution is -2.57. The fourth-order valence-electron chi connectivity index (χ4n) is 3.23. The molecule has 0 aromatic rings. The number of carbonyl (C=O) groups is 2. The van der Waals surface area contributed by atoms with Gasteiger partial charge in [-0.3, -0.25) is 9.59 Å². The maximum absolute atomic E-state index is 12.2. The van der Waals surface area contributed by atoms with Crippen LogP contribution in [0.15, 0.2) is 36.5 Å². The number of allylic oxidation sites excluding steroid dienone is 1. The molecule has 0 radical (unpaired) electrons. The molecule has 1 saturated heterocycles. The van der Waals surface area contributed by atoms with E-state index in [1.807, 2.05) is 20.8 Å². The summed E-state index contributed by atoms with van der Waals surface area (Å²) in [6, 6.07) is 0.466. The molecule has 0 saturated carbocycles. The first-order valence-electron chi connectivity index (χ1n) is 9.01. The van der Waals surface area contributed by atoms with Crippen LogP contribution in [0.4, 0.5) is 0 Å². The van der Waals surface area contributed by atoms with Gasteiger partial charge in [-0.15, -0.1) is 19.7 Å². The molecule has 148 valence electrons. The van der Waals surface area contributed by atoms with Crippen molar-refractivity contribution in [1.29, 1.82) is 0 Å². The summed E-state index contributed by atoms with van der Waals surface area (Å²) >= 11 is 0. The Balaban J connectivity index is 0.000000920. The molecule has 3 atom stereocenters. The zero-order valence-corrected chi connectivity index (χ0v) is 16.7. The van der Waals surface area contributed by atoms with E-state index in [1.54, 1.807) is 0 Å². The first-order valence-corrected chi connectivity index (χ1v) is 9.01. The quantitative estimate of drug-likeness (QED) is 0.571. The van der Waals surface area contributed by atoms with Crippen LogP contribution in [0.2, 0.25) is 0 Å². The zero-order valence-electron chi connectivity index (χ0n) is 16.7. The zero-order chi connectivity index (χ0) is 20.3. The number of nitrogens with one attached hydrogen (secondary N) is 3. The highest BCUT2D eigenvalue weighted by Gasteiger charge is 2.38. The van der Waals surface area contributed by atoms with Crippen LogP contribution in [0.1, 0.15) is 40.5 Å². The second-order valence-electron chi connectivity index (χ2n) is 6.76. The van der Waals surface area contributed by atoms with Crippen LogP contribution in [0.25, 0.3) is 0 Å². The van der Waals surface area contributed by atoms with Gasteiger partial charge in [-0.05, 0) is 40.7 Å². The molecule has 2 aliphatic heterocycles. The minimum atomic E-state index is -0.224. The Morgan fingerprint density at radius 3 is 2.46 bits per heavy atom. The molecule has 0 aromatic carbocycles. The van der Waals surface area contributed by atoms with Gasteiger partial charge in [0.25, 0.3) is 0 Å². The van der Waals surface area contributed by atoms with Crippen molar-refractivity contribution in [1.82, 2.24) is 16.0 Å². The van der Waals surface area contributed by atoms with Crippen LogP contribution in [-0.2, 0) is 9.59 Å². The van der Waals surface area contributed by atoms with Crippen LogP contribution < -0.4 is 16.0 Å². The highest BCUT2D eigenvalue weighted by Crippen LogP contribution is 2.31. The molecule has 6 nitrogen and oxygen atoms in total. The number of aliphatic hydroxyl groups is 1. The summed E-state index contributed by atoms with van der Waals surface area (Å²) in [6.45, 7) is 18.6. The van der Waals surface area contributed by atoms with Crippen molar-refractivity contribution in [3.05, 3.63) is 36.5 Å². The summed E-state index contributed by atoms with van der Waals surface area (Å²) in [4.78, 5) is 23.9. The second kappa shape index (κ2) is 12.4. The second-order valence-corrected chi connectivity index (χ2v) is 6.76. The molecule has 1 fully saturated rings. The van der Waals surface area contributed by atoms with Gasteiger partial charge in [0.05, 0.1) is 13.0 Å². The molecule has 2 rings (SSSR count). The third kappa shape index (κ3) is 7.54. The van der Waals surface area contributed by atoms with E-state index in [9.17, 15) is 9.59 Å². The average molecular weight is 366 g/mol. The standard InChI is InChI=1S/C14H23N3O3.C4H8.C2H4/c1-8-10(7-12(19)16-5-6-18)14(20)17-11-3-4-15-9(2)13(8)11;1-4(2)3;1-2/h9,11,13,15,18H,3-7H2,1-2H3,(H,16,19)(H,17,20);1H2,2-3H3;1-2H2. The van der Waals surface area contributed by atoms with E-state index in [0.717, 1.165) is 18.5 Å². The summed E-state index contributed by atoms with van der Waals surface area (Å²) in [7, 11) is 0. The topological polar surface area (TPSA) is 90.5 Å². The average Bonchev–Trinajstić information content (AvgIpc) is 2.58. The van der Waals surface area contributed by atoms with E-state index < -0.39 is 0 Å². The summed E-state index contributed by atoms with van der Waals surface area (Å²) in [5.74, 6) is -0.0995. The molecule has 6 heteroatoms. The normalized spacial score (nSPS) is 24.0. The minimum absolute atomic E-state index is 0.0770. The van der Waals surface area contributed by atoms with E-state index in [-0.39, 0.29) is 43.3 Å². The lowest BCUT2D eigenvalue weighted by molar-refractivity contribution is -0.124. The molecular formula is C20H35N3O3. The molecule has 0 bridgehead atoms. The Morgan fingerprint density at radius 1 is 1.35 bits per heavy atom. The van der Waals surface area contributed by atoms with Crippen molar-refractivity contribution >= 4 is 11.8 Å². The van der Waals surface area contributed by atoms with Gasteiger partial charge in [0.2, 0.25) is 11.8 Å². The van der Waals surface area contributed by atoms with E-state index in [2.05, 4.69) is 42.6 Å². The fraction of sp³-hybridized carbons (Fsp3) is 0.600. The van der Waals surface area contributed by atoms with E-state index >= 15 is 0 Å². The number of hydrogen-bond acceptors (Lipinski definition) is 4. The van der Waals surface area contributed by atoms with Crippen molar-refractivity contribution in [2.45, 2.75) is 52.6 Å². The number of hydrogen-bond donors (Lipinski definition) is 4. The first-order chi connectivity index (χ1) is 12.3. The van der Waals surface area contributed by atoms with Crippen LogP contribution in [0.5, 0.6) is 0 Å². The Kier molecular flexibility index (Phi) is 11.5. The van der Waals surface area contributed by atoms with Gasteiger partial charge in [-0.1, -0.05) is 11.1 Å². The monoisotopic (exact) mass is 365 g/mol. The molecule has 0 spiro atoms. The van der Waals surface area contributed by atoms with Gasteiger partial charge < -0.3 is 21.1 Å². The van der Waals surface area contributed by atoms with Crippen molar-refractivity contribution in [3.63, 3.8) is 0 Å². The fourth-order valence-corrected chi connectivity index (χ4v) is 3.23. The van der Waals surface area contributed by atoms with Crippen molar-refractivity contribution < 1.29 is 14.7 Å². The third-order valence-electron chi connectivity index (χ3n) is 4.23. The Labute approximate surface area is 157 Å². The number of aliphatic hydroxyl groups excluding tert-OH is 1. The van der Waals surface area contributed by atoms with Crippen LogP contribution in [0.3, 0.4) is 0 Å². The van der Waals surface area contributed by atoms with Gasteiger partial charge in [0, 0.05) is 30.1 Å². The smallest absolute Gasteiger partial charge is 0.247 e. The first kappa shape index (κ1) is 24.1. The molecule has 26 heavy (non-hydrogen) atoms. The summed E-state index contributed by atoms with van der Waals surface area (Å²) < 4.78 is 0. The number of carbonyl (C=O) groups excluding carboxylic acids is 2. The van der Waals surface area contributed by atoms with Gasteiger partial charge in [0.15, 0.2) is 0 Å². The highest BCUT2D eigenvalue weighted by atomic mass is 16.3. The maximum Gasteiger partial charge on any atom is 0.247 e. The minimum Gasteiger partial charge on any atom is -0.395 e. The molecule has 0 aliphatic carbocycles. The Bertz CT molecular complexity index is 524. The number of fused-ring (bicyclic) bond motifs is 1. The molecule has 2 amide bonds. The van der Waals surface area contributed by atoms with Gasteiger partial charge in [0.1, 0.15) is 0 Å². The maximum atomic E-state index is 12.2. The number of amides is 2. The van der Waals surface area contributed by atoms with E-state index in [4.69, 9.17) is 5.11 Å². The third-order valence-corrected chi connectivity index (χ3v) is 4.23. The molecular weight excluding hydrogens is 330 g/mol. The number of rotatable bonds is 4. The van der Waals surface area contributed by atoms with Crippen molar-refractivity contribution in [3.8, 4) is 0 Å². The molecule has 2 heterocycles.